The molecule has 1 unspecified atom stereocenters. The zero-order chi connectivity index (χ0) is 20.2. The molecular weight excluding hydrogens is 368 g/mol. The summed E-state index contributed by atoms with van der Waals surface area (Å²) < 4.78 is 0. The summed E-state index contributed by atoms with van der Waals surface area (Å²) >= 11 is 0. The summed E-state index contributed by atoms with van der Waals surface area (Å²) in [6.45, 7) is 2.13. The average Bonchev–Trinajstić information content (AvgIpc) is 3.18. The van der Waals surface area contributed by atoms with Gasteiger partial charge in [0.2, 0.25) is 0 Å². The second-order valence-corrected chi connectivity index (χ2v) is 6.85. The van der Waals surface area contributed by atoms with Crippen LogP contribution in [0.25, 0.3) is 22.4 Å². The van der Waals surface area contributed by atoms with Crippen LogP contribution in [0, 0.1) is 0 Å². The molecular formula is C22H20N4O3. The molecule has 2 N–H and O–H groups in total. The molecule has 7 heteroatoms. The maximum Gasteiger partial charge on any atom is 0.277 e. The monoisotopic (exact) mass is 388 g/mol. The number of rotatable bonds is 5. The van der Waals surface area contributed by atoms with E-state index in [0.29, 0.717) is 17.7 Å². The molecule has 0 fully saturated rings. The summed E-state index contributed by atoms with van der Waals surface area (Å²) in [6.07, 6.45) is 0.419. The first-order valence-corrected chi connectivity index (χ1v) is 9.34. The molecule has 146 valence electrons. The summed E-state index contributed by atoms with van der Waals surface area (Å²) in [7, 11) is 0. The van der Waals surface area contributed by atoms with Gasteiger partial charge in [-0.3, -0.25) is 9.59 Å². The van der Waals surface area contributed by atoms with Crippen molar-refractivity contribution in [2.45, 2.75) is 19.4 Å². The highest BCUT2D eigenvalue weighted by Crippen LogP contribution is 2.31. The third-order valence-electron chi connectivity index (χ3n) is 4.69. The Morgan fingerprint density at radius 2 is 1.76 bits per heavy atom. The van der Waals surface area contributed by atoms with Gasteiger partial charge in [0.25, 0.3) is 11.5 Å². The lowest BCUT2D eigenvalue weighted by molar-refractivity contribution is 0.0753. The maximum atomic E-state index is 13.0. The number of carbonyl (C=O) groups excluding carboxylic acids is 1. The molecule has 0 spiro atoms. The van der Waals surface area contributed by atoms with Crippen molar-refractivity contribution >= 4 is 11.6 Å². The fourth-order valence-corrected chi connectivity index (χ4v) is 3.33. The molecule has 0 bridgehead atoms. The van der Waals surface area contributed by atoms with Crippen LogP contribution in [0.2, 0.25) is 0 Å². The first kappa shape index (κ1) is 18.6. The lowest BCUT2D eigenvalue weighted by Crippen LogP contribution is -2.36. The lowest BCUT2D eigenvalue weighted by Gasteiger charge is -2.15. The predicted octanol–water partition coefficient (Wildman–Crippen LogP) is 3.00. The Labute approximate surface area is 167 Å². The van der Waals surface area contributed by atoms with Crippen molar-refractivity contribution in [3.8, 4) is 22.4 Å². The largest absolute Gasteiger partial charge is 0.390 e. The van der Waals surface area contributed by atoms with Crippen LogP contribution >= 0.6 is 0 Å². The first-order valence-electron chi connectivity index (χ1n) is 9.34. The van der Waals surface area contributed by atoms with Gasteiger partial charge >= 0.3 is 0 Å². The Bertz CT molecular complexity index is 1110. The number of aromatic nitrogens is 2. The Morgan fingerprint density at radius 3 is 2.38 bits per heavy atom. The van der Waals surface area contributed by atoms with Gasteiger partial charge in [-0.15, -0.1) is 0 Å². The average molecular weight is 388 g/mol. The normalized spacial score (nSPS) is 15.5. The van der Waals surface area contributed by atoms with E-state index in [1.165, 1.54) is 0 Å². The minimum atomic E-state index is -0.541. The third kappa shape index (κ3) is 3.94. The highest BCUT2D eigenvalue weighted by Gasteiger charge is 2.25. The summed E-state index contributed by atoms with van der Waals surface area (Å²) in [5.74, 6) is -0.474. The van der Waals surface area contributed by atoms with E-state index in [1.807, 2.05) is 67.6 Å². The molecule has 4 rings (SSSR count). The van der Waals surface area contributed by atoms with Gasteiger partial charge in [0, 0.05) is 17.5 Å². The van der Waals surface area contributed by atoms with Crippen LogP contribution in [0.3, 0.4) is 0 Å². The number of hydrogen-bond donors (Lipinski definition) is 2. The lowest BCUT2D eigenvalue weighted by atomic mass is 9.95. The fraction of sp³-hybridized carbons (Fsp3) is 0.182. The second-order valence-electron chi connectivity index (χ2n) is 6.85. The van der Waals surface area contributed by atoms with Crippen LogP contribution in [0.1, 0.15) is 23.7 Å². The van der Waals surface area contributed by atoms with Gasteiger partial charge in [0.15, 0.2) is 0 Å². The summed E-state index contributed by atoms with van der Waals surface area (Å²) in [5, 5.41) is 13.4. The van der Waals surface area contributed by atoms with Crippen molar-refractivity contribution in [1.82, 2.24) is 15.5 Å². The van der Waals surface area contributed by atoms with Crippen molar-refractivity contribution in [3.05, 3.63) is 76.6 Å². The van der Waals surface area contributed by atoms with E-state index >= 15 is 0 Å². The zero-order valence-corrected chi connectivity index (χ0v) is 15.9. The van der Waals surface area contributed by atoms with Crippen molar-refractivity contribution in [1.29, 1.82) is 0 Å². The van der Waals surface area contributed by atoms with Crippen molar-refractivity contribution < 1.29 is 9.63 Å². The second kappa shape index (κ2) is 8.10. The molecule has 29 heavy (non-hydrogen) atoms. The Morgan fingerprint density at radius 1 is 1.10 bits per heavy atom. The molecule has 0 saturated carbocycles. The van der Waals surface area contributed by atoms with Gasteiger partial charge in [-0.2, -0.15) is 5.10 Å². The van der Waals surface area contributed by atoms with Crippen LogP contribution in [-0.2, 0) is 4.84 Å². The summed E-state index contributed by atoms with van der Waals surface area (Å²) in [5.41, 5.74) is 2.95. The van der Waals surface area contributed by atoms with Gasteiger partial charge in [-0.05, 0) is 12.5 Å². The number of hydrogen-bond acceptors (Lipinski definition) is 5. The Kier molecular flexibility index (Phi) is 5.20. The zero-order valence-electron chi connectivity index (χ0n) is 15.9. The van der Waals surface area contributed by atoms with E-state index in [0.717, 1.165) is 16.8 Å². The number of nitrogens with one attached hydrogen (secondary N) is 2. The molecule has 1 aromatic heterocycles. The number of amides is 1. The number of aromatic amines is 1. The van der Waals surface area contributed by atoms with Gasteiger partial charge in [0.1, 0.15) is 11.7 Å². The third-order valence-corrected chi connectivity index (χ3v) is 4.69. The van der Waals surface area contributed by atoms with Crippen LogP contribution in [0.4, 0.5) is 0 Å². The number of H-pyrrole nitrogens is 1. The van der Waals surface area contributed by atoms with Crippen molar-refractivity contribution in [3.63, 3.8) is 0 Å². The topological polar surface area (TPSA) is 96.4 Å². The van der Waals surface area contributed by atoms with E-state index < -0.39 is 11.5 Å². The molecule has 1 amide bonds. The number of nitrogens with zero attached hydrogens (tertiary/aromatic N) is 2. The predicted molar refractivity (Wildman–Crippen MR) is 111 cm³/mol. The van der Waals surface area contributed by atoms with E-state index in [9.17, 15) is 9.59 Å². The number of oxime groups is 1. The Balaban J connectivity index is 1.76. The molecule has 1 aliphatic rings. The molecule has 2 aromatic carbocycles. The first-order chi connectivity index (χ1) is 14.1. The van der Waals surface area contributed by atoms with Crippen molar-refractivity contribution in [2.24, 2.45) is 5.16 Å². The van der Waals surface area contributed by atoms with E-state index in [1.54, 1.807) is 0 Å². The minimum Gasteiger partial charge on any atom is -0.390 e. The minimum absolute atomic E-state index is 0.0284. The molecule has 1 aliphatic heterocycles. The van der Waals surface area contributed by atoms with Gasteiger partial charge < -0.3 is 10.2 Å². The van der Waals surface area contributed by atoms with Crippen LogP contribution in [0.5, 0.6) is 0 Å². The summed E-state index contributed by atoms with van der Waals surface area (Å²) in [4.78, 5) is 30.9. The van der Waals surface area contributed by atoms with Gasteiger partial charge in [0.05, 0.1) is 18.0 Å². The smallest absolute Gasteiger partial charge is 0.277 e. The molecule has 7 nitrogen and oxygen atoms in total. The number of carbonyl (C=O) groups is 1. The molecule has 3 aromatic rings. The standard InChI is InChI=1S/C22H20N4O3/c1-14-12-17(29-26-14)13-23-21(27)19-18(15-8-4-2-5-9-15)20(24-25-22(19)28)16-10-6-3-7-11-16/h2-11,17H,12-13H2,1H3,(H,23,27)(H,25,28). The maximum absolute atomic E-state index is 13.0. The van der Waals surface area contributed by atoms with Crippen LogP contribution in [0.15, 0.2) is 70.6 Å². The van der Waals surface area contributed by atoms with E-state index in [4.69, 9.17) is 4.84 Å². The van der Waals surface area contributed by atoms with Gasteiger partial charge in [-0.25, -0.2) is 5.10 Å². The molecule has 0 aliphatic carbocycles. The highest BCUT2D eigenvalue weighted by molar-refractivity contribution is 6.03. The molecule has 0 radical (unpaired) electrons. The SMILES string of the molecule is CC1=NOC(CNC(=O)c2c(-c3ccccc3)c(-c3ccccc3)n[nH]c2=O)C1. The number of benzene rings is 2. The highest BCUT2D eigenvalue weighted by atomic mass is 16.6. The quantitative estimate of drug-likeness (QED) is 0.702. The molecule has 2 heterocycles. The van der Waals surface area contributed by atoms with Crippen molar-refractivity contribution in [2.75, 3.05) is 6.54 Å². The molecule has 0 saturated heterocycles. The van der Waals surface area contributed by atoms with Crippen LogP contribution < -0.4 is 10.9 Å². The Hall–Kier alpha value is -3.74. The fourth-order valence-electron chi connectivity index (χ4n) is 3.33. The molecule has 1 atom stereocenters. The summed E-state index contributed by atoms with van der Waals surface area (Å²) in [6, 6.07) is 18.8. The van der Waals surface area contributed by atoms with E-state index in [-0.39, 0.29) is 18.2 Å². The van der Waals surface area contributed by atoms with Gasteiger partial charge in [-0.1, -0.05) is 65.8 Å². The van der Waals surface area contributed by atoms with Crippen LogP contribution in [-0.4, -0.2) is 34.5 Å². The van der Waals surface area contributed by atoms with E-state index in [2.05, 4.69) is 20.7 Å².